The van der Waals surface area contributed by atoms with Crippen molar-refractivity contribution in [2.75, 3.05) is 38.2 Å². The van der Waals surface area contributed by atoms with Gasteiger partial charge in [-0.05, 0) is 44.9 Å². The van der Waals surface area contributed by atoms with E-state index in [1.807, 2.05) is 0 Å². The van der Waals surface area contributed by atoms with Crippen LogP contribution in [0.2, 0.25) is 0 Å². The Hall–Kier alpha value is -1.20. The Bertz CT molecular complexity index is 476. The van der Waals surface area contributed by atoms with Gasteiger partial charge in [-0.25, -0.2) is 0 Å². The normalized spacial score (nSPS) is 26.4. The van der Waals surface area contributed by atoms with Gasteiger partial charge in [0.2, 0.25) is 0 Å². The van der Waals surface area contributed by atoms with Crippen molar-refractivity contribution in [2.24, 2.45) is 0 Å². The number of nitrogens with zero attached hydrogens (tertiary/aromatic N) is 4. The van der Waals surface area contributed by atoms with Crippen molar-refractivity contribution in [1.82, 2.24) is 15.1 Å². The summed E-state index contributed by atoms with van der Waals surface area (Å²) in [4.78, 5) is 4.76. The Morgan fingerprint density at radius 3 is 2.71 bits per heavy atom. The lowest BCUT2D eigenvalue weighted by atomic mass is 10.1. The lowest BCUT2D eigenvalue weighted by molar-refractivity contribution is 0.0627. The summed E-state index contributed by atoms with van der Waals surface area (Å²) in [6.07, 6.45) is 5.45. The van der Waals surface area contributed by atoms with Crippen LogP contribution in [0.15, 0.2) is 12.1 Å². The molecule has 3 fully saturated rings. The van der Waals surface area contributed by atoms with Gasteiger partial charge in [0, 0.05) is 38.2 Å². The number of hydrogen-bond donors (Lipinski definition) is 0. The quantitative estimate of drug-likeness (QED) is 0.824. The molecule has 5 nitrogen and oxygen atoms in total. The molecule has 1 unspecified atom stereocenters. The number of rotatable bonds is 5. The topological polar surface area (TPSA) is 41.5 Å². The highest BCUT2D eigenvalue weighted by Crippen LogP contribution is 2.38. The van der Waals surface area contributed by atoms with Gasteiger partial charge < -0.3 is 9.64 Å². The zero-order valence-electron chi connectivity index (χ0n) is 12.7. The molecule has 3 heterocycles. The maximum atomic E-state index is 5.72. The Kier molecular flexibility index (Phi) is 3.55. The highest BCUT2D eigenvalue weighted by molar-refractivity contribution is 5.42. The molecular weight excluding hydrogens is 264 g/mol. The third kappa shape index (κ3) is 2.90. The fourth-order valence-electron chi connectivity index (χ4n) is 3.28. The molecule has 1 aromatic heterocycles. The molecule has 0 N–H and O–H groups in total. The highest BCUT2D eigenvalue weighted by atomic mass is 16.5. The van der Waals surface area contributed by atoms with E-state index < -0.39 is 0 Å². The van der Waals surface area contributed by atoms with E-state index in [9.17, 15) is 0 Å². The summed E-state index contributed by atoms with van der Waals surface area (Å²) in [6.45, 7) is 4.12. The molecule has 2 saturated heterocycles. The Balaban J connectivity index is 1.27. The van der Waals surface area contributed by atoms with E-state index >= 15 is 0 Å². The minimum atomic E-state index is 0.446. The number of hydrogen-bond acceptors (Lipinski definition) is 5. The van der Waals surface area contributed by atoms with Gasteiger partial charge >= 0.3 is 0 Å². The van der Waals surface area contributed by atoms with Gasteiger partial charge in [-0.15, -0.1) is 5.10 Å². The molecule has 0 aromatic carbocycles. The van der Waals surface area contributed by atoms with Gasteiger partial charge in [0.25, 0.3) is 0 Å². The van der Waals surface area contributed by atoms with E-state index in [4.69, 9.17) is 4.74 Å². The summed E-state index contributed by atoms with van der Waals surface area (Å²) in [5.41, 5.74) is 1.17. The number of anilines is 1. The van der Waals surface area contributed by atoms with E-state index in [1.165, 1.54) is 31.4 Å². The van der Waals surface area contributed by atoms with E-state index in [0.29, 0.717) is 18.1 Å². The van der Waals surface area contributed by atoms with Gasteiger partial charge in [-0.2, -0.15) is 5.10 Å². The standard InChI is InChI=1S/C16H24N4O/c1-19(11-14-3-2-8-21-14)13-9-20(10-13)16-7-6-15(17-18-16)12-4-5-12/h6-7,12-14H,2-5,8-11H2,1H3. The van der Waals surface area contributed by atoms with Crippen molar-refractivity contribution < 1.29 is 4.74 Å². The van der Waals surface area contributed by atoms with Crippen LogP contribution in [0.3, 0.4) is 0 Å². The van der Waals surface area contributed by atoms with E-state index in [1.54, 1.807) is 0 Å². The summed E-state index contributed by atoms with van der Waals surface area (Å²) < 4.78 is 5.72. The first-order valence-electron chi connectivity index (χ1n) is 8.20. The fraction of sp³-hybridized carbons (Fsp3) is 0.750. The Morgan fingerprint density at radius 2 is 2.10 bits per heavy atom. The third-order valence-electron chi connectivity index (χ3n) is 4.99. The monoisotopic (exact) mass is 288 g/mol. The second kappa shape index (κ2) is 5.54. The van der Waals surface area contributed by atoms with E-state index in [2.05, 4.69) is 39.2 Å². The molecular formula is C16H24N4O. The van der Waals surface area contributed by atoms with Crippen LogP contribution in [0.4, 0.5) is 5.82 Å². The first kappa shape index (κ1) is 13.5. The minimum Gasteiger partial charge on any atom is -0.377 e. The molecule has 2 aliphatic heterocycles. The summed E-state index contributed by atoms with van der Waals surface area (Å²) in [7, 11) is 2.21. The molecule has 0 spiro atoms. The Morgan fingerprint density at radius 1 is 1.24 bits per heavy atom. The molecule has 0 bridgehead atoms. The first-order valence-corrected chi connectivity index (χ1v) is 8.20. The van der Waals surface area contributed by atoms with E-state index in [-0.39, 0.29) is 0 Å². The molecule has 1 saturated carbocycles. The van der Waals surface area contributed by atoms with Crippen LogP contribution in [-0.4, -0.2) is 60.5 Å². The van der Waals surface area contributed by atoms with Crippen molar-refractivity contribution in [3.63, 3.8) is 0 Å². The summed E-state index contributed by atoms with van der Waals surface area (Å²) in [5.74, 6) is 1.72. The zero-order valence-corrected chi connectivity index (χ0v) is 12.7. The lowest BCUT2D eigenvalue weighted by Gasteiger charge is -2.45. The highest BCUT2D eigenvalue weighted by Gasteiger charge is 2.33. The lowest BCUT2D eigenvalue weighted by Crippen LogP contribution is -2.59. The molecule has 4 rings (SSSR count). The van der Waals surface area contributed by atoms with Crippen molar-refractivity contribution in [1.29, 1.82) is 0 Å². The molecule has 1 aliphatic carbocycles. The van der Waals surface area contributed by atoms with Crippen molar-refractivity contribution in [3.8, 4) is 0 Å². The second-order valence-electron chi connectivity index (χ2n) is 6.72. The van der Waals surface area contributed by atoms with Crippen LogP contribution < -0.4 is 4.90 Å². The van der Waals surface area contributed by atoms with Gasteiger partial charge in [-0.3, -0.25) is 4.90 Å². The molecule has 3 aliphatic rings. The molecule has 1 aromatic rings. The molecule has 0 radical (unpaired) electrons. The first-order chi connectivity index (χ1) is 10.3. The van der Waals surface area contributed by atoms with Crippen LogP contribution in [0, 0.1) is 0 Å². The Labute approximate surface area is 126 Å². The largest absolute Gasteiger partial charge is 0.377 e. The average molecular weight is 288 g/mol. The maximum Gasteiger partial charge on any atom is 0.151 e. The molecule has 0 amide bonds. The second-order valence-corrected chi connectivity index (χ2v) is 6.72. The summed E-state index contributed by atoms with van der Waals surface area (Å²) >= 11 is 0. The molecule has 21 heavy (non-hydrogen) atoms. The summed E-state index contributed by atoms with van der Waals surface area (Å²) in [5, 5.41) is 8.76. The zero-order chi connectivity index (χ0) is 14.2. The number of aromatic nitrogens is 2. The van der Waals surface area contributed by atoms with Gasteiger partial charge in [0.1, 0.15) is 0 Å². The number of likely N-dealkylation sites (N-methyl/N-ethyl adjacent to an activating group) is 1. The van der Waals surface area contributed by atoms with Crippen LogP contribution in [0.1, 0.15) is 37.3 Å². The molecule has 5 heteroatoms. The number of ether oxygens (including phenoxy) is 1. The van der Waals surface area contributed by atoms with Crippen molar-refractivity contribution in [3.05, 3.63) is 17.8 Å². The van der Waals surface area contributed by atoms with Crippen molar-refractivity contribution in [2.45, 2.75) is 43.7 Å². The maximum absolute atomic E-state index is 5.72. The predicted octanol–water partition coefficient (Wildman–Crippen LogP) is 1.65. The average Bonchev–Trinajstić information content (AvgIpc) is 3.17. The van der Waals surface area contributed by atoms with Crippen LogP contribution in [0.25, 0.3) is 0 Å². The minimum absolute atomic E-state index is 0.446. The molecule has 114 valence electrons. The van der Waals surface area contributed by atoms with Crippen LogP contribution >= 0.6 is 0 Å². The van der Waals surface area contributed by atoms with Gasteiger partial charge in [0.05, 0.1) is 11.8 Å². The van der Waals surface area contributed by atoms with Crippen LogP contribution in [0.5, 0.6) is 0 Å². The van der Waals surface area contributed by atoms with Gasteiger partial charge in [-0.1, -0.05) is 0 Å². The van der Waals surface area contributed by atoms with Crippen LogP contribution in [-0.2, 0) is 4.74 Å². The van der Waals surface area contributed by atoms with Gasteiger partial charge in [0.15, 0.2) is 5.82 Å². The SMILES string of the molecule is CN(CC1CCCO1)C1CN(c2ccc(C3CC3)nn2)C1. The summed E-state index contributed by atoms with van der Waals surface area (Å²) in [6, 6.07) is 4.92. The smallest absolute Gasteiger partial charge is 0.151 e. The van der Waals surface area contributed by atoms with E-state index in [0.717, 1.165) is 32.1 Å². The van der Waals surface area contributed by atoms with Crippen molar-refractivity contribution >= 4 is 5.82 Å². The predicted molar refractivity (Wildman–Crippen MR) is 81.6 cm³/mol. The fourth-order valence-corrected chi connectivity index (χ4v) is 3.28. The molecule has 1 atom stereocenters. The third-order valence-corrected chi connectivity index (χ3v) is 4.99.